The highest BCUT2D eigenvalue weighted by molar-refractivity contribution is 9.11. The van der Waals surface area contributed by atoms with Crippen LogP contribution in [-0.2, 0) is 6.54 Å². The molecule has 2 nitrogen and oxygen atoms in total. The minimum atomic E-state index is 0.0389. The lowest BCUT2D eigenvalue weighted by Crippen LogP contribution is -2.20. The fourth-order valence-electron chi connectivity index (χ4n) is 1.28. The van der Waals surface area contributed by atoms with Gasteiger partial charge in [0.1, 0.15) is 0 Å². The Morgan fingerprint density at radius 3 is 2.60 bits per heavy atom. The molecule has 1 rings (SSSR count). The van der Waals surface area contributed by atoms with Crippen LogP contribution in [0.3, 0.4) is 0 Å². The van der Waals surface area contributed by atoms with Crippen molar-refractivity contribution < 1.29 is 0 Å². The molecule has 0 aliphatic carbocycles. The first-order chi connectivity index (χ1) is 7.15. The highest BCUT2D eigenvalue weighted by Gasteiger charge is 2.02. The average molecular weight is 402 g/mol. The van der Waals surface area contributed by atoms with Crippen LogP contribution in [0.15, 0.2) is 26.0 Å². The smallest absolute Gasteiger partial charge is 0.264 e. The maximum atomic E-state index is 11.7. The Morgan fingerprint density at radius 2 is 1.93 bits per heavy atom. The highest BCUT2D eigenvalue weighted by Crippen LogP contribution is 2.13. The fourth-order valence-corrected chi connectivity index (χ4v) is 2.94. The topological polar surface area (TPSA) is 22.0 Å². The summed E-state index contributed by atoms with van der Waals surface area (Å²) in [6, 6.07) is 1.78. The first-order valence-electron chi connectivity index (χ1n) is 4.76. The van der Waals surface area contributed by atoms with Crippen molar-refractivity contribution in [1.29, 1.82) is 0 Å². The molecule has 84 valence electrons. The maximum Gasteiger partial charge on any atom is 0.264 e. The summed E-state index contributed by atoms with van der Waals surface area (Å²) >= 11 is 10.0. The second kappa shape index (κ2) is 6.86. The minimum Gasteiger partial charge on any atom is -0.313 e. The van der Waals surface area contributed by atoms with Gasteiger partial charge in [0, 0.05) is 22.5 Å². The third kappa shape index (κ3) is 4.41. The number of hydrogen-bond donors (Lipinski definition) is 0. The Morgan fingerprint density at radius 1 is 1.20 bits per heavy atom. The standard InChI is InChI=1S/C10H12Br3NO/c11-4-2-1-3-5-14-7-8(12)6-9(13)10(14)15/h6-7H,1-5H2. The first-order valence-corrected chi connectivity index (χ1v) is 7.47. The molecule has 0 bridgehead atoms. The zero-order chi connectivity index (χ0) is 11.3. The van der Waals surface area contributed by atoms with Crippen molar-refractivity contribution in [2.75, 3.05) is 5.33 Å². The highest BCUT2D eigenvalue weighted by atomic mass is 79.9. The Balaban J connectivity index is 2.64. The second-order valence-electron chi connectivity index (χ2n) is 3.25. The average Bonchev–Trinajstić information content (AvgIpc) is 2.19. The summed E-state index contributed by atoms with van der Waals surface area (Å²) in [6.45, 7) is 0.782. The number of unbranched alkanes of at least 4 members (excludes halogenated alkanes) is 2. The van der Waals surface area contributed by atoms with Gasteiger partial charge in [-0.1, -0.05) is 22.4 Å². The molecule has 0 spiro atoms. The molecular weight excluding hydrogens is 390 g/mol. The van der Waals surface area contributed by atoms with Crippen LogP contribution in [0.25, 0.3) is 0 Å². The van der Waals surface area contributed by atoms with Gasteiger partial charge in [-0.15, -0.1) is 0 Å². The van der Waals surface area contributed by atoms with Gasteiger partial charge < -0.3 is 4.57 Å². The summed E-state index contributed by atoms with van der Waals surface area (Å²) in [6.07, 6.45) is 5.17. The molecule has 0 unspecified atom stereocenters. The molecule has 1 heterocycles. The van der Waals surface area contributed by atoms with E-state index < -0.39 is 0 Å². The van der Waals surface area contributed by atoms with Gasteiger partial charge in [0.2, 0.25) is 0 Å². The number of halogens is 3. The summed E-state index contributed by atoms with van der Waals surface area (Å²) in [4.78, 5) is 11.7. The van der Waals surface area contributed by atoms with E-state index in [4.69, 9.17) is 0 Å². The quantitative estimate of drug-likeness (QED) is 0.541. The van der Waals surface area contributed by atoms with Gasteiger partial charge in [-0.2, -0.15) is 0 Å². The summed E-state index contributed by atoms with van der Waals surface area (Å²) in [5.74, 6) is 0. The first kappa shape index (κ1) is 13.5. The number of hydrogen-bond acceptors (Lipinski definition) is 1. The van der Waals surface area contributed by atoms with Gasteiger partial charge in [0.25, 0.3) is 5.56 Å². The van der Waals surface area contributed by atoms with E-state index in [0.29, 0.717) is 4.47 Å². The van der Waals surface area contributed by atoms with Crippen LogP contribution in [0, 0.1) is 0 Å². The Kier molecular flexibility index (Phi) is 6.16. The molecule has 0 radical (unpaired) electrons. The molecule has 0 aliphatic heterocycles. The zero-order valence-electron chi connectivity index (χ0n) is 8.18. The monoisotopic (exact) mass is 399 g/mol. The van der Waals surface area contributed by atoms with Gasteiger partial charge in [-0.05, 0) is 50.8 Å². The Hall–Kier alpha value is 0.390. The van der Waals surface area contributed by atoms with E-state index in [0.717, 1.165) is 35.6 Å². The number of pyridine rings is 1. The number of nitrogens with zero attached hydrogens (tertiary/aromatic N) is 1. The lowest BCUT2D eigenvalue weighted by atomic mass is 10.2. The Bertz CT molecular complexity index is 375. The fraction of sp³-hybridized carbons (Fsp3) is 0.500. The van der Waals surface area contributed by atoms with Gasteiger partial charge in [-0.25, -0.2) is 0 Å². The summed E-state index contributed by atoms with van der Waals surface area (Å²) in [5, 5.41) is 1.03. The van der Waals surface area contributed by atoms with Crippen LogP contribution in [0.2, 0.25) is 0 Å². The largest absolute Gasteiger partial charge is 0.313 e. The van der Waals surface area contributed by atoms with Crippen molar-refractivity contribution in [1.82, 2.24) is 4.57 Å². The van der Waals surface area contributed by atoms with Crippen LogP contribution in [0.1, 0.15) is 19.3 Å². The summed E-state index contributed by atoms with van der Waals surface area (Å²) < 4.78 is 3.27. The van der Waals surface area contributed by atoms with E-state index in [1.165, 1.54) is 0 Å². The zero-order valence-corrected chi connectivity index (χ0v) is 12.9. The molecule has 0 aromatic carbocycles. The lowest BCUT2D eigenvalue weighted by molar-refractivity contribution is 0.587. The van der Waals surface area contributed by atoms with Gasteiger partial charge in [0.15, 0.2) is 0 Å². The predicted octanol–water partition coefficient (Wildman–Crippen LogP) is 3.94. The minimum absolute atomic E-state index is 0.0389. The molecule has 0 aliphatic rings. The number of aromatic nitrogens is 1. The second-order valence-corrected chi connectivity index (χ2v) is 5.82. The van der Waals surface area contributed by atoms with E-state index in [9.17, 15) is 4.79 Å². The summed E-state index contributed by atoms with van der Waals surface area (Å²) in [5.41, 5.74) is 0.0389. The SMILES string of the molecule is O=c1c(Br)cc(Br)cn1CCCCCBr. The Labute approximate surface area is 114 Å². The van der Waals surface area contributed by atoms with E-state index in [-0.39, 0.29) is 5.56 Å². The van der Waals surface area contributed by atoms with Gasteiger partial charge in [-0.3, -0.25) is 4.79 Å². The summed E-state index contributed by atoms with van der Waals surface area (Å²) in [7, 11) is 0. The van der Waals surface area contributed by atoms with Crippen LogP contribution < -0.4 is 5.56 Å². The van der Waals surface area contributed by atoms with Crippen LogP contribution in [-0.4, -0.2) is 9.90 Å². The van der Waals surface area contributed by atoms with Crippen molar-refractivity contribution >= 4 is 47.8 Å². The van der Waals surface area contributed by atoms with E-state index in [2.05, 4.69) is 47.8 Å². The van der Waals surface area contributed by atoms with Crippen LogP contribution >= 0.6 is 47.8 Å². The van der Waals surface area contributed by atoms with Crippen LogP contribution in [0.5, 0.6) is 0 Å². The predicted molar refractivity (Wildman–Crippen MR) is 73.7 cm³/mol. The molecule has 0 fully saturated rings. The normalized spacial score (nSPS) is 10.6. The molecule has 1 aromatic heterocycles. The van der Waals surface area contributed by atoms with E-state index >= 15 is 0 Å². The van der Waals surface area contributed by atoms with Crippen molar-refractivity contribution in [3.05, 3.63) is 31.6 Å². The molecule has 0 amide bonds. The number of alkyl halides is 1. The third-order valence-electron chi connectivity index (χ3n) is 2.04. The molecular formula is C10H12Br3NO. The van der Waals surface area contributed by atoms with Crippen molar-refractivity contribution in [2.24, 2.45) is 0 Å². The molecule has 0 atom stereocenters. The molecule has 15 heavy (non-hydrogen) atoms. The van der Waals surface area contributed by atoms with Crippen molar-refractivity contribution in [3.8, 4) is 0 Å². The molecule has 0 saturated heterocycles. The van der Waals surface area contributed by atoms with E-state index in [1.54, 1.807) is 10.6 Å². The molecule has 0 saturated carbocycles. The maximum absolute atomic E-state index is 11.7. The van der Waals surface area contributed by atoms with Crippen LogP contribution in [0.4, 0.5) is 0 Å². The number of aryl methyl sites for hydroxylation is 1. The lowest BCUT2D eigenvalue weighted by Gasteiger charge is -2.06. The number of rotatable bonds is 5. The van der Waals surface area contributed by atoms with Gasteiger partial charge >= 0.3 is 0 Å². The van der Waals surface area contributed by atoms with E-state index in [1.807, 2.05) is 6.20 Å². The van der Waals surface area contributed by atoms with Crippen molar-refractivity contribution in [2.45, 2.75) is 25.8 Å². The molecule has 1 aromatic rings. The van der Waals surface area contributed by atoms with Crippen molar-refractivity contribution in [3.63, 3.8) is 0 Å². The third-order valence-corrected chi connectivity index (χ3v) is 3.60. The molecule has 0 N–H and O–H groups in total. The molecule has 5 heteroatoms. The van der Waals surface area contributed by atoms with Gasteiger partial charge in [0.05, 0.1) is 4.47 Å².